The number of rotatable bonds is 6. The molecule has 15 heteroatoms. The molecule has 0 spiro atoms. The number of carboxylic acids is 1. The van der Waals surface area contributed by atoms with Gasteiger partial charge in [0.2, 0.25) is 5.95 Å². The number of anilines is 1. The van der Waals surface area contributed by atoms with Crippen LogP contribution in [0.25, 0.3) is 22.2 Å². The first-order chi connectivity index (χ1) is 19.2. The summed E-state index contributed by atoms with van der Waals surface area (Å²) in [4.78, 5) is 36.7. The number of H-pyrrole nitrogens is 1. The number of aromatic carboxylic acids is 1. The number of carbonyl (C=O) groups is 2. The van der Waals surface area contributed by atoms with E-state index in [1.54, 1.807) is 20.8 Å². The van der Waals surface area contributed by atoms with E-state index in [9.17, 15) is 27.9 Å². The van der Waals surface area contributed by atoms with Gasteiger partial charge in [-0.1, -0.05) is 11.2 Å². The number of aromatic amines is 1. The molecule has 4 rings (SSSR count). The van der Waals surface area contributed by atoms with E-state index >= 15 is 0 Å². The van der Waals surface area contributed by atoms with Gasteiger partial charge >= 0.3 is 18.2 Å². The number of aromatic nitrogens is 3. The predicted octanol–water partition coefficient (Wildman–Crippen LogP) is 4.66. The number of carboxylic acid groups (broad SMARTS) is 1. The molecule has 1 amide bonds. The fraction of sp³-hybridized carbons (Fsp3) is 0.423. The molecule has 0 aliphatic carbocycles. The average molecular weight is 578 g/mol. The third-order valence-corrected chi connectivity index (χ3v) is 6.52. The highest BCUT2D eigenvalue weighted by molar-refractivity contribution is 5.99. The lowest BCUT2D eigenvalue weighted by Crippen LogP contribution is -2.53. The Labute approximate surface area is 232 Å². The van der Waals surface area contributed by atoms with E-state index in [1.807, 2.05) is 0 Å². The number of amides is 1. The van der Waals surface area contributed by atoms with Gasteiger partial charge in [-0.15, -0.1) is 0 Å². The molecule has 1 fully saturated rings. The van der Waals surface area contributed by atoms with Gasteiger partial charge in [-0.05, 0) is 45.7 Å². The molecule has 0 bridgehead atoms. The molecule has 3 aromatic rings. The number of amidine groups is 1. The van der Waals surface area contributed by atoms with Gasteiger partial charge in [-0.2, -0.15) is 13.2 Å². The Morgan fingerprint density at radius 3 is 2.63 bits per heavy atom. The maximum absolute atomic E-state index is 14.0. The zero-order chi connectivity index (χ0) is 30.1. The molecule has 1 aliphatic rings. The normalized spacial score (nSPS) is 18.4. The van der Waals surface area contributed by atoms with Gasteiger partial charge in [-0.25, -0.2) is 19.6 Å². The van der Waals surface area contributed by atoms with Crippen LogP contribution in [-0.2, 0) is 10.9 Å². The van der Waals surface area contributed by atoms with Crippen molar-refractivity contribution in [2.24, 2.45) is 10.9 Å². The van der Waals surface area contributed by atoms with Crippen molar-refractivity contribution in [3.8, 4) is 11.3 Å². The van der Waals surface area contributed by atoms with Crippen LogP contribution >= 0.6 is 0 Å². The molecule has 220 valence electrons. The van der Waals surface area contributed by atoms with Crippen molar-refractivity contribution >= 4 is 34.7 Å². The van der Waals surface area contributed by atoms with Gasteiger partial charge in [0, 0.05) is 53.9 Å². The Kier molecular flexibility index (Phi) is 7.99. The number of piperidine rings is 1. The third-order valence-electron chi connectivity index (χ3n) is 6.52. The lowest BCUT2D eigenvalue weighted by atomic mass is 9.96. The Balaban J connectivity index is 1.65. The molecule has 3 heterocycles. The molecule has 1 aliphatic heterocycles. The van der Waals surface area contributed by atoms with E-state index < -0.39 is 47.2 Å². The van der Waals surface area contributed by atoms with Crippen LogP contribution in [0.2, 0.25) is 0 Å². The van der Waals surface area contributed by atoms with E-state index in [0.717, 1.165) is 0 Å². The second-order valence-corrected chi connectivity index (χ2v) is 10.7. The molecule has 0 saturated carbocycles. The molecule has 2 atom stereocenters. The van der Waals surface area contributed by atoms with E-state index in [4.69, 9.17) is 15.7 Å². The molecule has 12 nitrogen and oxygen atoms in total. The van der Waals surface area contributed by atoms with Crippen LogP contribution in [0.5, 0.6) is 0 Å². The number of likely N-dealkylation sites (tertiary alicyclic amines) is 1. The summed E-state index contributed by atoms with van der Waals surface area (Å²) < 4.78 is 47.4. The maximum Gasteiger partial charge on any atom is 0.419 e. The van der Waals surface area contributed by atoms with Crippen LogP contribution in [0.4, 0.5) is 23.9 Å². The number of nitrogens with one attached hydrogen (secondary N) is 2. The number of hydrogen-bond acceptors (Lipinski definition) is 8. The number of carbonyl (C=O) groups excluding carboxylic acids is 1. The summed E-state index contributed by atoms with van der Waals surface area (Å²) >= 11 is 0. The Morgan fingerprint density at radius 2 is 2.00 bits per heavy atom. The van der Waals surface area contributed by atoms with Gasteiger partial charge in [0.1, 0.15) is 17.0 Å². The second kappa shape index (κ2) is 11.1. The van der Waals surface area contributed by atoms with Crippen molar-refractivity contribution in [2.45, 2.75) is 63.9 Å². The van der Waals surface area contributed by atoms with Gasteiger partial charge in [-0.3, -0.25) is 0 Å². The molecular weight excluding hydrogens is 547 g/mol. The first-order valence-electron chi connectivity index (χ1n) is 12.7. The standard InChI is InChI=1S/C26H30F3N7O5/c1-25(2,3)41-24(39)36-12-14(5-6-15(36)9-20(30)35-40)33-23-32-11-18(26(27,28)29)21(34-23)17-10-31-19-8-13(22(37)38)4-7-16(17)19/h4,7-8,10-11,14-15,31,40H,5-6,9,12H2,1-3H3,(H2,30,35)(H,37,38)(H,32,33,34)/t14-,15?/m0/s1. The van der Waals surface area contributed by atoms with E-state index in [0.29, 0.717) is 29.9 Å². The summed E-state index contributed by atoms with van der Waals surface area (Å²) in [6.45, 7) is 5.25. The van der Waals surface area contributed by atoms with Gasteiger partial charge in [0.15, 0.2) is 0 Å². The molecule has 0 radical (unpaired) electrons. The second-order valence-electron chi connectivity index (χ2n) is 10.7. The maximum atomic E-state index is 14.0. The van der Waals surface area contributed by atoms with E-state index in [2.05, 4.69) is 25.4 Å². The number of benzene rings is 1. The number of halogens is 3. The highest BCUT2D eigenvalue weighted by atomic mass is 19.4. The van der Waals surface area contributed by atoms with Crippen molar-refractivity contribution in [2.75, 3.05) is 11.9 Å². The lowest BCUT2D eigenvalue weighted by Gasteiger charge is -2.40. The number of oxime groups is 1. The number of alkyl halides is 3. The molecule has 2 aromatic heterocycles. The van der Waals surface area contributed by atoms with Crippen LogP contribution in [0.1, 0.15) is 56.0 Å². The third kappa shape index (κ3) is 6.78. The Morgan fingerprint density at radius 1 is 1.27 bits per heavy atom. The number of nitrogens with zero attached hydrogens (tertiary/aromatic N) is 4. The monoisotopic (exact) mass is 577 g/mol. The zero-order valence-corrected chi connectivity index (χ0v) is 22.5. The molecule has 1 aromatic carbocycles. The Bertz CT molecular complexity index is 1480. The van der Waals surface area contributed by atoms with Crippen molar-refractivity contribution in [3.05, 3.63) is 41.7 Å². The highest BCUT2D eigenvalue weighted by Gasteiger charge is 2.38. The van der Waals surface area contributed by atoms with Gasteiger partial charge < -0.3 is 36.0 Å². The number of nitrogens with two attached hydrogens (primary N) is 1. The largest absolute Gasteiger partial charge is 0.478 e. The quantitative estimate of drug-likeness (QED) is 0.121. The summed E-state index contributed by atoms with van der Waals surface area (Å²) in [5.74, 6) is -1.32. The number of ether oxygens (including phenoxy) is 1. The lowest BCUT2D eigenvalue weighted by molar-refractivity contribution is -0.137. The van der Waals surface area contributed by atoms with Crippen LogP contribution in [0, 0.1) is 0 Å². The summed E-state index contributed by atoms with van der Waals surface area (Å²) in [5.41, 5.74) is 3.87. The summed E-state index contributed by atoms with van der Waals surface area (Å²) in [5, 5.41) is 24.6. The smallest absolute Gasteiger partial charge is 0.419 e. The van der Waals surface area contributed by atoms with Crippen LogP contribution in [-0.4, -0.2) is 72.3 Å². The predicted molar refractivity (Wildman–Crippen MR) is 143 cm³/mol. The zero-order valence-electron chi connectivity index (χ0n) is 22.5. The minimum absolute atomic E-state index is 0.0239. The topological polar surface area (TPSA) is 179 Å². The minimum atomic E-state index is -4.77. The van der Waals surface area contributed by atoms with E-state index in [-0.39, 0.29) is 35.9 Å². The molecule has 1 saturated heterocycles. The van der Waals surface area contributed by atoms with E-state index in [1.165, 1.54) is 29.3 Å². The van der Waals surface area contributed by atoms with Crippen LogP contribution in [0.15, 0.2) is 35.7 Å². The molecule has 1 unspecified atom stereocenters. The van der Waals surface area contributed by atoms with Crippen LogP contribution in [0.3, 0.4) is 0 Å². The molecule has 41 heavy (non-hydrogen) atoms. The Hall–Kier alpha value is -4.56. The van der Waals surface area contributed by atoms with Crippen molar-refractivity contribution < 1.29 is 37.8 Å². The van der Waals surface area contributed by atoms with Crippen molar-refractivity contribution in [3.63, 3.8) is 0 Å². The molecular formula is C26H30F3N7O5. The number of fused-ring (bicyclic) bond motifs is 1. The fourth-order valence-corrected chi connectivity index (χ4v) is 4.69. The summed E-state index contributed by atoms with van der Waals surface area (Å²) in [7, 11) is 0. The average Bonchev–Trinajstić information content (AvgIpc) is 3.31. The van der Waals surface area contributed by atoms with Gasteiger partial charge in [0.05, 0.1) is 11.3 Å². The minimum Gasteiger partial charge on any atom is -0.478 e. The summed E-state index contributed by atoms with van der Waals surface area (Å²) in [6.07, 6.45) is -2.35. The first kappa shape index (κ1) is 29.4. The first-order valence-corrected chi connectivity index (χ1v) is 12.7. The molecule has 6 N–H and O–H groups in total. The summed E-state index contributed by atoms with van der Waals surface area (Å²) in [6, 6.07) is 3.17. The SMILES string of the molecule is CC(C)(C)OC(=O)N1C[C@@H](Nc2ncc(C(F)(F)F)c(-c3c[nH]c4cc(C(=O)O)ccc34)n2)CCC1CC(N)=NO. The van der Waals surface area contributed by atoms with Gasteiger partial charge in [0.25, 0.3) is 0 Å². The fourth-order valence-electron chi connectivity index (χ4n) is 4.69. The number of hydrogen-bond donors (Lipinski definition) is 5. The van der Waals surface area contributed by atoms with Crippen molar-refractivity contribution in [1.82, 2.24) is 19.9 Å². The van der Waals surface area contributed by atoms with Crippen LogP contribution < -0.4 is 11.1 Å². The van der Waals surface area contributed by atoms with Crippen molar-refractivity contribution in [1.29, 1.82) is 0 Å². The highest BCUT2D eigenvalue weighted by Crippen LogP contribution is 2.39.